The standard InChI is InChI=1S/C8H9NO2S/c1-6(10)11-12-8-4-2-7(9)3-5-8/h2-5H,9H2,1H3. The van der Waals surface area contributed by atoms with Crippen molar-refractivity contribution in [3.63, 3.8) is 0 Å². The van der Waals surface area contributed by atoms with Gasteiger partial charge in [0, 0.05) is 17.5 Å². The van der Waals surface area contributed by atoms with Gasteiger partial charge in [0.1, 0.15) is 0 Å². The van der Waals surface area contributed by atoms with Crippen molar-refractivity contribution in [2.45, 2.75) is 11.8 Å². The lowest BCUT2D eigenvalue weighted by atomic mass is 10.3. The Morgan fingerprint density at radius 2 is 2.00 bits per heavy atom. The third-order valence-electron chi connectivity index (χ3n) is 1.14. The molecule has 0 unspecified atom stereocenters. The van der Waals surface area contributed by atoms with Crippen LogP contribution >= 0.6 is 12.0 Å². The fraction of sp³-hybridized carbons (Fsp3) is 0.125. The number of benzene rings is 1. The zero-order valence-electron chi connectivity index (χ0n) is 6.61. The minimum Gasteiger partial charge on any atom is -0.399 e. The Labute approximate surface area is 75.1 Å². The van der Waals surface area contributed by atoms with Crippen LogP contribution in [0.15, 0.2) is 29.2 Å². The largest absolute Gasteiger partial charge is 0.399 e. The monoisotopic (exact) mass is 183 g/mol. The molecule has 0 atom stereocenters. The molecule has 0 aliphatic heterocycles. The van der Waals surface area contributed by atoms with E-state index < -0.39 is 0 Å². The van der Waals surface area contributed by atoms with Crippen molar-refractivity contribution in [3.05, 3.63) is 24.3 Å². The van der Waals surface area contributed by atoms with Crippen molar-refractivity contribution in [2.24, 2.45) is 0 Å². The van der Waals surface area contributed by atoms with E-state index in [0.717, 1.165) is 16.9 Å². The highest BCUT2D eigenvalue weighted by atomic mass is 32.2. The van der Waals surface area contributed by atoms with Gasteiger partial charge in [0.2, 0.25) is 0 Å². The van der Waals surface area contributed by atoms with Gasteiger partial charge >= 0.3 is 5.97 Å². The van der Waals surface area contributed by atoms with Crippen LogP contribution in [0.2, 0.25) is 0 Å². The van der Waals surface area contributed by atoms with E-state index in [1.807, 2.05) is 0 Å². The van der Waals surface area contributed by atoms with Gasteiger partial charge in [0.05, 0.1) is 12.0 Å². The second-order valence-corrected chi connectivity index (χ2v) is 3.03. The van der Waals surface area contributed by atoms with Crippen molar-refractivity contribution in [1.82, 2.24) is 0 Å². The van der Waals surface area contributed by atoms with E-state index >= 15 is 0 Å². The first-order valence-electron chi connectivity index (χ1n) is 3.39. The normalized spacial score (nSPS) is 9.42. The Hall–Kier alpha value is -1.16. The van der Waals surface area contributed by atoms with Gasteiger partial charge < -0.3 is 9.92 Å². The number of hydrogen-bond donors (Lipinski definition) is 1. The second-order valence-electron chi connectivity index (χ2n) is 2.23. The molecule has 0 fully saturated rings. The van der Waals surface area contributed by atoms with Gasteiger partial charge in [-0.3, -0.25) is 4.79 Å². The van der Waals surface area contributed by atoms with E-state index in [9.17, 15) is 4.79 Å². The summed E-state index contributed by atoms with van der Waals surface area (Å²) in [5, 5.41) is 0. The van der Waals surface area contributed by atoms with Crippen LogP contribution in [-0.2, 0) is 8.98 Å². The Kier molecular flexibility index (Phi) is 2.99. The van der Waals surface area contributed by atoms with Gasteiger partial charge in [0.15, 0.2) is 0 Å². The van der Waals surface area contributed by atoms with Crippen LogP contribution in [0.25, 0.3) is 0 Å². The summed E-state index contributed by atoms with van der Waals surface area (Å²) in [6.07, 6.45) is 0. The van der Waals surface area contributed by atoms with Crippen LogP contribution < -0.4 is 5.73 Å². The van der Waals surface area contributed by atoms with E-state index in [-0.39, 0.29) is 5.97 Å². The molecule has 2 N–H and O–H groups in total. The van der Waals surface area contributed by atoms with Crippen molar-refractivity contribution >= 4 is 23.7 Å². The van der Waals surface area contributed by atoms with E-state index in [1.54, 1.807) is 24.3 Å². The summed E-state index contributed by atoms with van der Waals surface area (Å²) in [5.74, 6) is -0.308. The minimum absolute atomic E-state index is 0.308. The number of rotatable bonds is 2. The van der Waals surface area contributed by atoms with Gasteiger partial charge in [-0.1, -0.05) is 0 Å². The Morgan fingerprint density at radius 3 is 2.50 bits per heavy atom. The summed E-state index contributed by atoms with van der Waals surface area (Å²) in [6.45, 7) is 1.37. The molecule has 0 aromatic heterocycles. The maximum absolute atomic E-state index is 10.4. The number of nitrogen functional groups attached to an aromatic ring is 1. The lowest BCUT2D eigenvalue weighted by Crippen LogP contribution is -1.89. The van der Waals surface area contributed by atoms with Crippen molar-refractivity contribution < 1.29 is 8.98 Å². The SMILES string of the molecule is CC(=O)OSc1ccc(N)cc1. The fourth-order valence-electron chi connectivity index (χ4n) is 0.630. The molecule has 0 aliphatic carbocycles. The number of anilines is 1. The third-order valence-corrected chi connectivity index (χ3v) is 1.92. The van der Waals surface area contributed by atoms with Crippen LogP contribution in [-0.4, -0.2) is 5.97 Å². The minimum atomic E-state index is -0.308. The summed E-state index contributed by atoms with van der Waals surface area (Å²) in [4.78, 5) is 11.3. The molecule has 0 radical (unpaired) electrons. The van der Waals surface area contributed by atoms with E-state index in [4.69, 9.17) is 9.92 Å². The van der Waals surface area contributed by atoms with Crippen molar-refractivity contribution in [3.8, 4) is 0 Å². The molecule has 0 amide bonds. The highest BCUT2D eigenvalue weighted by Crippen LogP contribution is 2.19. The quantitative estimate of drug-likeness (QED) is 0.561. The molecule has 1 aromatic carbocycles. The average molecular weight is 183 g/mol. The molecule has 0 spiro atoms. The molecule has 0 saturated heterocycles. The summed E-state index contributed by atoms with van der Waals surface area (Å²) < 4.78 is 4.70. The number of carbonyl (C=O) groups is 1. The molecule has 0 heterocycles. The van der Waals surface area contributed by atoms with Crippen LogP contribution in [0.5, 0.6) is 0 Å². The van der Waals surface area contributed by atoms with Crippen molar-refractivity contribution in [1.29, 1.82) is 0 Å². The van der Waals surface area contributed by atoms with E-state index in [0.29, 0.717) is 5.69 Å². The highest BCUT2D eigenvalue weighted by molar-refractivity contribution is 7.95. The van der Waals surface area contributed by atoms with Crippen LogP contribution in [0, 0.1) is 0 Å². The molecular weight excluding hydrogens is 174 g/mol. The fourth-order valence-corrected chi connectivity index (χ4v) is 1.09. The average Bonchev–Trinajstić information content (AvgIpc) is 2.03. The van der Waals surface area contributed by atoms with E-state index in [1.165, 1.54) is 6.92 Å². The number of carbonyl (C=O) groups excluding carboxylic acids is 1. The predicted octanol–water partition coefficient (Wildman–Crippen LogP) is 1.84. The Balaban J connectivity index is 2.53. The Morgan fingerprint density at radius 1 is 1.42 bits per heavy atom. The first-order valence-corrected chi connectivity index (χ1v) is 4.13. The van der Waals surface area contributed by atoms with Crippen LogP contribution in [0.1, 0.15) is 6.92 Å². The molecule has 12 heavy (non-hydrogen) atoms. The molecule has 0 bridgehead atoms. The van der Waals surface area contributed by atoms with Gasteiger partial charge in [-0.05, 0) is 24.3 Å². The topological polar surface area (TPSA) is 52.3 Å². The maximum atomic E-state index is 10.4. The molecule has 1 rings (SSSR count). The molecule has 4 heteroatoms. The molecule has 0 saturated carbocycles. The zero-order chi connectivity index (χ0) is 8.97. The smallest absolute Gasteiger partial charge is 0.315 e. The van der Waals surface area contributed by atoms with Gasteiger partial charge in [-0.25, -0.2) is 0 Å². The Bertz CT molecular complexity index is 271. The first kappa shape index (κ1) is 8.93. The lowest BCUT2D eigenvalue weighted by Gasteiger charge is -1.98. The van der Waals surface area contributed by atoms with Gasteiger partial charge in [0.25, 0.3) is 0 Å². The summed E-state index contributed by atoms with van der Waals surface area (Å²) >= 11 is 1.03. The molecular formula is C8H9NO2S. The molecule has 3 nitrogen and oxygen atoms in total. The number of nitrogens with two attached hydrogens (primary N) is 1. The van der Waals surface area contributed by atoms with Crippen molar-refractivity contribution in [2.75, 3.05) is 5.73 Å². The van der Waals surface area contributed by atoms with Crippen LogP contribution in [0.3, 0.4) is 0 Å². The highest BCUT2D eigenvalue weighted by Gasteiger charge is 1.96. The van der Waals surface area contributed by atoms with E-state index in [2.05, 4.69) is 0 Å². The molecule has 0 aliphatic rings. The number of hydrogen-bond acceptors (Lipinski definition) is 4. The summed E-state index contributed by atoms with van der Waals surface area (Å²) in [7, 11) is 0. The lowest BCUT2D eigenvalue weighted by molar-refractivity contribution is -0.130. The van der Waals surface area contributed by atoms with Gasteiger partial charge in [-0.2, -0.15) is 0 Å². The van der Waals surface area contributed by atoms with Gasteiger partial charge in [-0.15, -0.1) is 0 Å². The first-order chi connectivity index (χ1) is 5.68. The molecule has 1 aromatic rings. The zero-order valence-corrected chi connectivity index (χ0v) is 7.43. The molecule has 64 valence electrons. The second kappa shape index (κ2) is 4.01. The summed E-state index contributed by atoms with van der Waals surface area (Å²) in [5.41, 5.74) is 6.16. The third kappa shape index (κ3) is 2.84. The van der Waals surface area contributed by atoms with Crippen LogP contribution in [0.4, 0.5) is 5.69 Å². The summed E-state index contributed by atoms with van der Waals surface area (Å²) in [6, 6.07) is 7.10. The predicted molar refractivity (Wildman–Crippen MR) is 48.5 cm³/mol. The maximum Gasteiger partial charge on any atom is 0.315 e.